The lowest BCUT2D eigenvalue weighted by Gasteiger charge is -2.10. The first-order valence-electron chi connectivity index (χ1n) is 9.89. The number of oxazole rings is 1. The van der Waals surface area contributed by atoms with Crippen molar-refractivity contribution >= 4 is 34.4 Å². The van der Waals surface area contributed by atoms with Crippen LogP contribution in [0.4, 0.5) is 17.4 Å². The van der Waals surface area contributed by atoms with E-state index >= 15 is 0 Å². The predicted molar refractivity (Wildman–Crippen MR) is 121 cm³/mol. The third-order valence-corrected chi connectivity index (χ3v) is 4.90. The van der Waals surface area contributed by atoms with Crippen LogP contribution in [0.25, 0.3) is 11.1 Å². The first-order chi connectivity index (χ1) is 15.1. The second kappa shape index (κ2) is 8.79. The van der Waals surface area contributed by atoms with Gasteiger partial charge in [-0.3, -0.25) is 4.79 Å². The Kier molecular flexibility index (Phi) is 5.75. The minimum atomic E-state index is -0.266. The summed E-state index contributed by atoms with van der Waals surface area (Å²) in [6.07, 6.45) is 0.987. The predicted octanol–water partition coefficient (Wildman–Crippen LogP) is 5.40. The molecule has 0 aliphatic heterocycles. The minimum absolute atomic E-state index is 0.266. The Labute approximate surface area is 180 Å². The molecular formula is C24H23N3O4. The topological polar surface area (TPSA) is 85.6 Å². The van der Waals surface area contributed by atoms with E-state index in [-0.39, 0.29) is 5.91 Å². The molecule has 0 saturated heterocycles. The first-order valence-corrected chi connectivity index (χ1v) is 9.89. The van der Waals surface area contributed by atoms with Gasteiger partial charge in [-0.05, 0) is 60.5 Å². The quantitative estimate of drug-likeness (QED) is 0.419. The average molecular weight is 417 g/mol. The maximum absolute atomic E-state index is 12.7. The van der Waals surface area contributed by atoms with Gasteiger partial charge in [-0.1, -0.05) is 19.1 Å². The molecule has 3 aromatic carbocycles. The zero-order chi connectivity index (χ0) is 21.8. The Bertz CT molecular complexity index is 1220. The number of anilines is 3. The zero-order valence-corrected chi connectivity index (χ0v) is 17.6. The molecule has 4 rings (SSSR count). The molecular weight excluding hydrogens is 394 g/mol. The number of benzene rings is 3. The molecule has 7 heteroatoms. The molecule has 1 amide bonds. The zero-order valence-electron chi connectivity index (χ0n) is 17.6. The van der Waals surface area contributed by atoms with Gasteiger partial charge in [0.2, 0.25) is 0 Å². The lowest BCUT2D eigenvalue weighted by Crippen LogP contribution is -2.12. The van der Waals surface area contributed by atoms with E-state index in [1.807, 2.05) is 12.1 Å². The van der Waals surface area contributed by atoms with Crippen molar-refractivity contribution in [2.24, 2.45) is 0 Å². The molecule has 0 bridgehead atoms. The summed E-state index contributed by atoms with van der Waals surface area (Å²) in [4.78, 5) is 17.1. The highest BCUT2D eigenvalue weighted by Crippen LogP contribution is 2.29. The fourth-order valence-electron chi connectivity index (χ4n) is 3.19. The number of hydrogen-bond donors (Lipinski definition) is 2. The Balaban J connectivity index is 1.50. The maximum Gasteiger partial charge on any atom is 0.300 e. The number of aromatic nitrogens is 1. The number of carbonyl (C=O) groups is 1. The maximum atomic E-state index is 12.7. The van der Waals surface area contributed by atoms with Gasteiger partial charge < -0.3 is 24.5 Å². The second-order valence-electron chi connectivity index (χ2n) is 6.90. The van der Waals surface area contributed by atoms with Crippen molar-refractivity contribution in [3.63, 3.8) is 0 Å². The molecule has 4 aromatic rings. The van der Waals surface area contributed by atoms with Crippen molar-refractivity contribution in [1.29, 1.82) is 0 Å². The highest BCUT2D eigenvalue weighted by Gasteiger charge is 2.13. The van der Waals surface area contributed by atoms with Crippen LogP contribution >= 0.6 is 0 Å². The Morgan fingerprint density at radius 3 is 2.39 bits per heavy atom. The molecule has 0 atom stereocenters. The standard InChI is InChI=1S/C24H23N3O4/c1-4-15-5-8-17(9-6-15)26-24-27-19-14-18(10-12-20(19)31-24)25-23(28)16-7-11-21(29-2)22(13-16)30-3/h5-14H,4H2,1-3H3,(H,25,28)(H,26,27). The van der Waals surface area contributed by atoms with Crippen LogP contribution < -0.4 is 20.1 Å². The summed E-state index contributed by atoms with van der Waals surface area (Å²) in [6.45, 7) is 2.12. The van der Waals surface area contributed by atoms with Crippen molar-refractivity contribution in [2.75, 3.05) is 24.9 Å². The van der Waals surface area contributed by atoms with Gasteiger partial charge in [0.15, 0.2) is 17.1 Å². The van der Waals surface area contributed by atoms with E-state index in [2.05, 4.69) is 34.7 Å². The van der Waals surface area contributed by atoms with E-state index in [1.54, 1.807) is 43.5 Å². The van der Waals surface area contributed by atoms with Crippen LogP contribution in [-0.2, 0) is 6.42 Å². The van der Waals surface area contributed by atoms with Crippen molar-refractivity contribution in [3.8, 4) is 11.5 Å². The summed E-state index contributed by atoms with van der Waals surface area (Å²) in [5.41, 5.74) is 4.48. The number of ether oxygens (including phenoxy) is 2. The highest BCUT2D eigenvalue weighted by atomic mass is 16.5. The van der Waals surface area contributed by atoms with E-state index in [0.29, 0.717) is 39.9 Å². The molecule has 0 fully saturated rings. The van der Waals surface area contributed by atoms with Crippen LogP contribution in [0.1, 0.15) is 22.8 Å². The Morgan fingerprint density at radius 1 is 0.935 bits per heavy atom. The van der Waals surface area contributed by atoms with E-state index in [1.165, 1.54) is 12.7 Å². The third-order valence-electron chi connectivity index (χ3n) is 4.90. The number of aryl methyl sites for hydroxylation is 1. The molecule has 158 valence electrons. The largest absolute Gasteiger partial charge is 0.493 e. The van der Waals surface area contributed by atoms with Gasteiger partial charge >= 0.3 is 0 Å². The highest BCUT2D eigenvalue weighted by molar-refractivity contribution is 6.05. The fourth-order valence-corrected chi connectivity index (χ4v) is 3.19. The summed E-state index contributed by atoms with van der Waals surface area (Å²) >= 11 is 0. The molecule has 0 spiro atoms. The van der Waals surface area contributed by atoms with E-state index in [9.17, 15) is 4.79 Å². The smallest absolute Gasteiger partial charge is 0.300 e. The molecule has 0 aliphatic rings. The van der Waals surface area contributed by atoms with E-state index < -0.39 is 0 Å². The van der Waals surface area contributed by atoms with Crippen LogP contribution in [0.5, 0.6) is 11.5 Å². The molecule has 31 heavy (non-hydrogen) atoms. The molecule has 7 nitrogen and oxygen atoms in total. The number of nitrogens with one attached hydrogen (secondary N) is 2. The summed E-state index contributed by atoms with van der Waals surface area (Å²) in [7, 11) is 3.08. The van der Waals surface area contributed by atoms with E-state index in [0.717, 1.165) is 12.1 Å². The first kappa shape index (κ1) is 20.3. The monoisotopic (exact) mass is 417 g/mol. The third kappa shape index (κ3) is 4.45. The molecule has 0 aliphatic carbocycles. The van der Waals surface area contributed by atoms with Gasteiger partial charge in [0.1, 0.15) is 5.52 Å². The van der Waals surface area contributed by atoms with Crippen LogP contribution in [0, 0.1) is 0 Å². The van der Waals surface area contributed by atoms with Crippen LogP contribution in [0.2, 0.25) is 0 Å². The van der Waals surface area contributed by atoms with Crippen molar-refractivity contribution in [1.82, 2.24) is 4.98 Å². The molecule has 1 aromatic heterocycles. The van der Waals surface area contributed by atoms with Gasteiger partial charge in [0, 0.05) is 16.9 Å². The Hall–Kier alpha value is -4.00. The van der Waals surface area contributed by atoms with Crippen molar-refractivity contribution in [3.05, 3.63) is 71.8 Å². The fraction of sp³-hybridized carbons (Fsp3) is 0.167. The SMILES string of the molecule is CCc1ccc(Nc2nc3cc(NC(=O)c4ccc(OC)c(OC)c4)ccc3o2)cc1. The van der Waals surface area contributed by atoms with Gasteiger partial charge in [-0.15, -0.1) is 0 Å². The molecule has 0 radical (unpaired) electrons. The van der Waals surface area contributed by atoms with Gasteiger partial charge in [-0.2, -0.15) is 4.98 Å². The summed E-state index contributed by atoms with van der Waals surface area (Å²) in [6, 6.07) is 18.8. The number of carbonyl (C=O) groups excluding carboxylic acids is 1. The molecule has 0 unspecified atom stereocenters. The second-order valence-corrected chi connectivity index (χ2v) is 6.90. The minimum Gasteiger partial charge on any atom is -0.493 e. The number of fused-ring (bicyclic) bond motifs is 1. The molecule has 0 saturated carbocycles. The number of amides is 1. The van der Waals surface area contributed by atoms with Crippen LogP contribution in [0.15, 0.2) is 65.1 Å². The molecule has 1 heterocycles. The number of hydrogen-bond acceptors (Lipinski definition) is 6. The summed E-state index contributed by atoms with van der Waals surface area (Å²) in [5, 5.41) is 6.04. The number of methoxy groups -OCH3 is 2. The van der Waals surface area contributed by atoms with E-state index in [4.69, 9.17) is 13.9 Å². The number of nitrogens with zero attached hydrogens (tertiary/aromatic N) is 1. The lowest BCUT2D eigenvalue weighted by atomic mass is 10.1. The van der Waals surface area contributed by atoms with Crippen molar-refractivity contribution in [2.45, 2.75) is 13.3 Å². The Morgan fingerprint density at radius 2 is 1.68 bits per heavy atom. The van der Waals surface area contributed by atoms with Crippen molar-refractivity contribution < 1.29 is 18.7 Å². The molecule has 2 N–H and O–H groups in total. The van der Waals surface area contributed by atoms with Gasteiger partial charge in [0.05, 0.1) is 14.2 Å². The normalized spacial score (nSPS) is 10.7. The van der Waals surface area contributed by atoms with Crippen LogP contribution in [0.3, 0.4) is 0 Å². The van der Waals surface area contributed by atoms with Gasteiger partial charge in [-0.25, -0.2) is 0 Å². The summed E-state index contributed by atoms with van der Waals surface area (Å²) in [5.74, 6) is 0.787. The average Bonchev–Trinajstić information content (AvgIpc) is 3.20. The number of rotatable bonds is 7. The van der Waals surface area contributed by atoms with Gasteiger partial charge in [0.25, 0.3) is 11.9 Å². The van der Waals surface area contributed by atoms with Crippen LogP contribution in [-0.4, -0.2) is 25.1 Å². The lowest BCUT2D eigenvalue weighted by molar-refractivity contribution is 0.102. The summed E-state index contributed by atoms with van der Waals surface area (Å²) < 4.78 is 16.2.